The summed E-state index contributed by atoms with van der Waals surface area (Å²) in [6.45, 7) is 0. The first-order chi connectivity index (χ1) is 6.38. The van der Waals surface area contributed by atoms with E-state index in [1.54, 1.807) is 6.20 Å². The van der Waals surface area contributed by atoms with Gasteiger partial charge in [0.1, 0.15) is 11.1 Å². The van der Waals surface area contributed by atoms with Crippen molar-refractivity contribution in [3.05, 3.63) is 52.5 Å². The molecule has 66 valence electrons. The summed E-state index contributed by atoms with van der Waals surface area (Å²) < 4.78 is 0. The number of hydrogen-bond acceptors (Lipinski definition) is 3. The summed E-state index contributed by atoms with van der Waals surface area (Å²) in [4.78, 5) is 4.06. The van der Waals surface area contributed by atoms with Crippen LogP contribution in [-0.4, -0.2) is 10.1 Å². The standard InChI is InChI=1S/C10H9NOS/c12-9(10-11-6-7-13-10)8-4-2-1-3-5-8/h1-7,9,12H/t9-/m0/s1. The second kappa shape index (κ2) is 3.68. The van der Waals surface area contributed by atoms with E-state index < -0.39 is 6.10 Å². The Labute approximate surface area is 80.5 Å². The molecule has 0 aliphatic carbocycles. The SMILES string of the molecule is O[C@@H](c1ccccc1)c1nccs1. The highest BCUT2D eigenvalue weighted by molar-refractivity contribution is 7.09. The summed E-state index contributed by atoms with van der Waals surface area (Å²) in [5.74, 6) is 0. The maximum atomic E-state index is 9.83. The van der Waals surface area contributed by atoms with E-state index in [4.69, 9.17) is 0 Å². The molecule has 0 spiro atoms. The minimum atomic E-state index is -0.582. The van der Waals surface area contributed by atoms with Crippen LogP contribution in [0.3, 0.4) is 0 Å². The van der Waals surface area contributed by atoms with Crippen molar-refractivity contribution in [2.24, 2.45) is 0 Å². The number of aliphatic hydroxyl groups excluding tert-OH is 1. The van der Waals surface area contributed by atoms with E-state index in [0.29, 0.717) is 0 Å². The Morgan fingerprint density at radius 1 is 1.23 bits per heavy atom. The van der Waals surface area contributed by atoms with Gasteiger partial charge in [-0.05, 0) is 5.56 Å². The molecule has 2 nitrogen and oxygen atoms in total. The van der Waals surface area contributed by atoms with Crippen LogP contribution in [0.1, 0.15) is 16.7 Å². The number of benzene rings is 1. The molecule has 1 heterocycles. The van der Waals surface area contributed by atoms with Crippen molar-refractivity contribution in [1.29, 1.82) is 0 Å². The summed E-state index contributed by atoms with van der Waals surface area (Å²) in [7, 11) is 0. The normalized spacial score (nSPS) is 12.7. The number of aromatic nitrogens is 1. The van der Waals surface area contributed by atoms with E-state index in [2.05, 4.69) is 4.98 Å². The average Bonchev–Trinajstić information content (AvgIpc) is 2.71. The number of rotatable bonds is 2. The van der Waals surface area contributed by atoms with Gasteiger partial charge in [-0.2, -0.15) is 0 Å². The molecule has 3 heteroatoms. The molecule has 2 rings (SSSR count). The van der Waals surface area contributed by atoms with Crippen LogP contribution in [0.15, 0.2) is 41.9 Å². The summed E-state index contributed by atoms with van der Waals surface area (Å²) in [5.41, 5.74) is 0.887. The molecule has 13 heavy (non-hydrogen) atoms. The summed E-state index contributed by atoms with van der Waals surface area (Å²) >= 11 is 1.46. The van der Waals surface area contributed by atoms with Crippen LogP contribution < -0.4 is 0 Å². The maximum Gasteiger partial charge on any atom is 0.131 e. The van der Waals surface area contributed by atoms with E-state index in [0.717, 1.165) is 10.6 Å². The van der Waals surface area contributed by atoms with Crippen LogP contribution in [0.2, 0.25) is 0 Å². The minimum Gasteiger partial charge on any atom is -0.381 e. The van der Waals surface area contributed by atoms with Crippen LogP contribution in [0.25, 0.3) is 0 Å². The first-order valence-electron chi connectivity index (χ1n) is 4.00. The maximum absolute atomic E-state index is 9.83. The lowest BCUT2D eigenvalue weighted by Gasteiger charge is -2.06. The highest BCUT2D eigenvalue weighted by Gasteiger charge is 2.11. The van der Waals surface area contributed by atoms with Crippen molar-refractivity contribution in [3.8, 4) is 0 Å². The highest BCUT2D eigenvalue weighted by atomic mass is 32.1. The molecule has 0 aliphatic rings. The van der Waals surface area contributed by atoms with E-state index in [1.165, 1.54) is 11.3 Å². The first-order valence-corrected chi connectivity index (χ1v) is 4.88. The number of aliphatic hydroxyl groups is 1. The molecule has 0 aliphatic heterocycles. The molecule has 1 aromatic heterocycles. The van der Waals surface area contributed by atoms with E-state index in [-0.39, 0.29) is 0 Å². The first kappa shape index (κ1) is 8.41. The largest absolute Gasteiger partial charge is 0.381 e. The minimum absolute atomic E-state index is 0.582. The van der Waals surface area contributed by atoms with Gasteiger partial charge >= 0.3 is 0 Å². The Morgan fingerprint density at radius 2 is 2.00 bits per heavy atom. The zero-order chi connectivity index (χ0) is 9.10. The fourth-order valence-corrected chi connectivity index (χ4v) is 1.80. The van der Waals surface area contributed by atoms with Gasteiger partial charge in [-0.1, -0.05) is 30.3 Å². The lowest BCUT2D eigenvalue weighted by atomic mass is 10.1. The van der Waals surface area contributed by atoms with Crippen LogP contribution in [0.4, 0.5) is 0 Å². The fraction of sp³-hybridized carbons (Fsp3) is 0.100. The van der Waals surface area contributed by atoms with Gasteiger partial charge in [0.25, 0.3) is 0 Å². The Balaban J connectivity index is 2.29. The van der Waals surface area contributed by atoms with Crippen LogP contribution in [0.5, 0.6) is 0 Å². The molecule has 2 aromatic rings. The van der Waals surface area contributed by atoms with Gasteiger partial charge in [0.2, 0.25) is 0 Å². The molecule has 0 unspecified atom stereocenters. The number of nitrogens with zero attached hydrogens (tertiary/aromatic N) is 1. The molecule has 0 radical (unpaired) electrons. The molecule has 0 saturated carbocycles. The van der Waals surface area contributed by atoms with Crippen LogP contribution in [-0.2, 0) is 0 Å². The van der Waals surface area contributed by atoms with Crippen molar-refractivity contribution >= 4 is 11.3 Å². The smallest absolute Gasteiger partial charge is 0.131 e. The third-order valence-electron chi connectivity index (χ3n) is 1.80. The Hall–Kier alpha value is -1.19. The summed E-state index contributed by atoms with van der Waals surface area (Å²) in [5, 5.41) is 12.4. The van der Waals surface area contributed by atoms with Gasteiger partial charge in [-0.3, -0.25) is 0 Å². The molecule has 0 amide bonds. The Bertz CT molecular complexity index is 358. The molecular formula is C10H9NOS. The fourth-order valence-electron chi connectivity index (χ4n) is 1.15. The van der Waals surface area contributed by atoms with E-state index in [9.17, 15) is 5.11 Å². The summed E-state index contributed by atoms with van der Waals surface area (Å²) in [6, 6.07) is 9.54. The van der Waals surface area contributed by atoms with Gasteiger partial charge in [-0.15, -0.1) is 11.3 Å². The van der Waals surface area contributed by atoms with Crippen molar-refractivity contribution in [1.82, 2.24) is 4.98 Å². The zero-order valence-electron chi connectivity index (χ0n) is 6.92. The second-order valence-electron chi connectivity index (χ2n) is 2.68. The average molecular weight is 191 g/mol. The van der Waals surface area contributed by atoms with Gasteiger partial charge < -0.3 is 5.11 Å². The third-order valence-corrected chi connectivity index (χ3v) is 2.63. The van der Waals surface area contributed by atoms with Gasteiger partial charge in [-0.25, -0.2) is 4.98 Å². The molecular weight excluding hydrogens is 182 g/mol. The van der Waals surface area contributed by atoms with Crippen LogP contribution in [0, 0.1) is 0 Å². The Kier molecular flexibility index (Phi) is 2.38. The van der Waals surface area contributed by atoms with Crippen molar-refractivity contribution in [2.75, 3.05) is 0 Å². The van der Waals surface area contributed by atoms with E-state index >= 15 is 0 Å². The lowest BCUT2D eigenvalue weighted by Crippen LogP contribution is -1.97. The molecule has 0 saturated heterocycles. The van der Waals surface area contributed by atoms with Gasteiger partial charge in [0.15, 0.2) is 0 Å². The van der Waals surface area contributed by atoms with Gasteiger partial charge in [0.05, 0.1) is 0 Å². The van der Waals surface area contributed by atoms with Crippen molar-refractivity contribution in [2.45, 2.75) is 6.10 Å². The zero-order valence-corrected chi connectivity index (χ0v) is 7.74. The molecule has 1 N–H and O–H groups in total. The molecule has 1 atom stereocenters. The third kappa shape index (κ3) is 1.76. The lowest BCUT2D eigenvalue weighted by molar-refractivity contribution is 0.220. The number of hydrogen-bond donors (Lipinski definition) is 1. The van der Waals surface area contributed by atoms with E-state index in [1.807, 2.05) is 35.7 Å². The van der Waals surface area contributed by atoms with Crippen molar-refractivity contribution < 1.29 is 5.11 Å². The molecule has 0 bridgehead atoms. The molecule has 1 aromatic carbocycles. The van der Waals surface area contributed by atoms with Crippen molar-refractivity contribution in [3.63, 3.8) is 0 Å². The topological polar surface area (TPSA) is 33.1 Å². The van der Waals surface area contributed by atoms with Crippen LogP contribution >= 0.6 is 11.3 Å². The predicted octanol–water partition coefficient (Wildman–Crippen LogP) is 2.22. The van der Waals surface area contributed by atoms with Gasteiger partial charge in [0, 0.05) is 11.6 Å². The predicted molar refractivity (Wildman–Crippen MR) is 52.6 cm³/mol. The number of thiazole rings is 1. The molecule has 0 fully saturated rings. The quantitative estimate of drug-likeness (QED) is 0.789. The highest BCUT2D eigenvalue weighted by Crippen LogP contribution is 2.22. The second-order valence-corrected chi connectivity index (χ2v) is 3.61. The Morgan fingerprint density at radius 3 is 2.62 bits per heavy atom. The summed E-state index contributed by atoms with van der Waals surface area (Å²) in [6.07, 6.45) is 1.12. The monoisotopic (exact) mass is 191 g/mol.